The second kappa shape index (κ2) is 7.39. The fourth-order valence-electron chi connectivity index (χ4n) is 2.93. The molecule has 0 amide bonds. The molecule has 3 atom stereocenters. The Kier molecular flexibility index (Phi) is 5.04. The zero-order chi connectivity index (χ0) is 15.2. The average Bonchev–Trinajstić information content (AvgIpc) is 3.00. The summed E-state index contributed by atoms with van der Waals surface area (Å²) >= 11 is 0. The molecule has 0 N–H and O–H groups in total. The summed E-state index contributed by atoms with van der Waals surface area (Å²) in [5.74, 6) is 0.348. The molecular formula is C20H22O2. The van der Waals surface area contributed by atoms with Crippen molar-refractivity contribution in [3.05, 3.63) is 84.4 Å². The molecule has 1 saturated heterocycles. The first-order valence-electron chi connectivity index (χ1n) is 7.81. The highest BCUT2D eigenvalue weighted by molar-refractivity contribution is 5.19. The quantitative estimate of drug-likeness (QED) is 0.728. The molecule has 0 spiro atoms. The summed E-state index contributed by atoms with van der Waals surface area (Å²) in [4.78, 5) is 0. The maximum atomic E-state index is 6.19. The molecule has 114 valence electrons. The number of hydrogen-bond donors (Lipinski definition) is 0. The first-order chi connectivity index (χ1) is 10.9. The molecular weight excluding hydrogens is 272 g/mol. The summed E-state index contributed by atoms with van der Waals surface area (Å²) in [5.41, 5.74) is 2.43. The van der Waals surface area contributed by atoms with Crippen LogP contribution >= 0.6 is 0 Å². The Morgan fingerprint density at radius 1 is 1.05 bits per heavy atom. The highest BCUT2D eigenvalue weighted by Crippen LogP contribution is 2.37. The molecule has 0 aliphatic carbocycles. The lowest BCUT2D eigenvalue weighted by Crippen LogP contribution is -2.21. The van der Waals surface area contributed by atoms with Crippen LogP contribution in [-0.2, 0) is 16.1 Å². The van der Waals surface area contributed by atoms with Crippen molar-refractivity contribution in [3.63, 3.8) is 0 Å². The van der Waals surface area contributed by atoms with E-state index >= 15 is 0 Å². The molecule has 2 heteroatoms. The second-order valence-corrected chi connectivity index (χ2v) is 5.71. The molecule has 1 heterocycles. The van der Waals surface area contributed by atoms with Crippen molar-refractivity contribution >= 4 is 0 Å². The smallest absolute Gasteiger partial charge is 0.0880 e. The number of benzene rings is 2. The zero-order valence-electron chi connectivity index (χ0n) is 12.7. The monoisotopic (exact) mass is 294 g/mol. The SMILES string of the molecule is C=C[C@H]1C[C@@H](c2ccccc2)O[C@H]1COCc1ccccc1. The van der Waals surface area contributed by atoms with Crippen molar-refractivity contribution in [3.8, 4) is 0 Å². The van der Waals surface area contributed by atoms with Gasteiger partial charge in [-0.3, -0.25) is 0 Å². The van der Waals surface area contributed by atoms with Crippen LogP contribution in [0.4, 0.5) is 0 Å². The zero-order valence-corrected chi connectivity index (χ0v) is 12.7. The normalized spacial score (nSPS) is 24.3. The molecule has 2 aromatic rings. The molecule has 1 fully saturated rings. The highest BCUT2D eigenvalue weighted by Gasteiger charge is 2.34. The lowest BCUT2D eigenvalue weighted by Gasteiger charge is -2.16. The van der Waals surface area contributed by atoms with E-state index in [-0.39, 0.29) is 12.2 Å². The van der Waals surface area contributed by atoms with E-state index < -0.39 is 0 Å². The summed E-state index contributed by atoms with van der Waals surface area (Å²) in [6.45, 7) is 5.18. The predicted molar refractivity (Wildman–Crippen MR) is 88.5 cm³/mol. The van der Waals surface area contributed by atoms with Crippen LogP contribution in [0.5, 0.6) is 0 Å². The third-order valence-electron chi connectivity index (χ3n) is 4.17. The van der Waals surface area contributed by atoms with Gasteiger partial charge in [0.15, 0.2) is 0 Å². The van der Waals surface area contributed by atoms with Gasteiger partial charge in [-0.05, 0) is 17.5 Å². The van der Waals surface area contributed by atoms with E-state index in [1.54, 1.807) is 0 Å². The first kappa shape index (κ1) is 15.0. The van der Waals surface area contributed by atoms with Gasteiger partial charge in [-0.15, -0.1) is 6.58 Å². The fraction of sp³-hybridized carbons (Fsp3) is 0.300. The van der Waals surface area contributed by atoms with Crippen LogP contribution in [0.3, 0.4) is 0 Å². The van der Waals surface area contributed by atoms with Crippen molar-refractivity contribution < 1.29 is 9.47 Å². The van der Waals surface area contributed by atoms with Crippen molar-refractivity contribution in [2.75, 3.05) is 6.61 Å². The van der Waals surface area contributed by atoms with Gasteiger partial charge in [0.2, 0.25) is 0 Å². The number of rotatable bonds is 6. The van der Waals surface area contributed by atoms with E-state index in [4.69, 9.17) is 9.47 Å². The van der Waals surface area contributed by atoms with Crippen LogP contribution in [-0.4, -0.2) is 12.7 Å². The maximum Gasteiger partial charge on any atom is 0.0880 e. The van der Waals surface area contributed by atoms with E-state index in [0.29, 0.717) is 19.1 Å². The maximum absolute atomic E-state index is 6.19. The minimum Gasteiger partial charge on any atom is -0.374 e. The van der Waals surface area contributed by atoms with Crippen molar-refractivity contribution in [1.82, 2.24) is 0 Å². The van der Waals surface area contributed by atoms with Gasteiger partial charge in [-0.1, -0.05) is 66.7 Å². The van der Waals surface area contributed by atoms with E-state index in [0.717, 1.165) is 6.42 Å². The Labute approximate surface area is 132 Å². The molecule has 0 radical (unpaired) electrons. The van der Waals surface area contributed by atoms with Gasteiger partial charge in [0.1, 0.15) is 0 Å². The van der Waals surface area contributed by atoms with Gasteiger partial charge in [0.25, 0.3) is 0 Å². The van der Waals surface area contributed by atoms with Crippen LogP contribution in [0.25, 0.3) is 0 Å². The Balaban J connectivity index is 1.55. The van der Waals surface area contributed by atoms with Crippen LogP contribution in [0.15, 0.2) is 73.3 Å². The number of ether oxygens (including phenoxy) is 2. The molecule has 0 aromatic heterocycles. The predicted octanol–water partition coefficient (Wildman–Crippen LogP) is 4.54. The van der Waals surface area contributed by atoms with Crippen LogP contribution in [0.1, 0.15) is 23.7 Å². The first-order valence-corrected chi connectivity index (χ1v) is 7.81. The second-order valence-electron chi connectivity index (χ2n) is 5.71. The summed E-state index contributed by atoms with van der Waals surface area (Å²) in [5, 5.41) is 0. The lowest BCUT2D eigenvalue weighted by molar-refractivity contribution is -0.0273. The molecule has 2 nitrogen and oxygen atoms in total. The Morgan fingerprint density at radius 3 is 2.41 bits per heavy atom. The summed E-state index contributed by atoms with van der Waals surface area (Å²) in [6.07, 6.45) is 3.22. The average molecular weight is 294 g/mol. The van der Waals surface area contributed by atoms with Crippen LogP contribution < -0.4 is 0 Å². The summed E-state index contributed by atoms with van der Waals surface area (Å²) < 4.78 is 12.0. The van der Waals surface area contributed by atoms with Gasteiger partial charge >= 0.3 is 0 Å². The summed E-state index contributed by atoms with van der Waals surface area (Å²) in [6, 6.07) is 20.6. The largest absolute Gasteiger partial charge is 0.374 e. The van der Waals surface area contributed by atoms with E-state index in [1.165, 1.54) is 11.1 Å². The molecule has 0 saturated carbocycles. The van der Waals surface area contributed by atoms with Gasteiger partial charge in [0, 0.05) is 5.92 Å². The van der Waals surface area contributed by atoms with E-state index in [1.807, 2.05) is 30.3 Å². The van der Waals surface area contributed by atoms with Gasteiger partial charge in [-0.25, -0.2) is 0 Å². The van der Waals surface area contributed by atoms with Gasteiger partial charge < -0.3 is 9.47 Å². The van der Waals surface area contributed by atoms with E-state index in [2.05, 4.69) is 43.0 Å². The van der Waals surface area contributed by atoms with Crippen molar-refractivity contribution in [2.45, 2.75) is 25.2 Å². The summed E-state index contributed by atoms with van der Waals surface area (Å²) in [7, 11) is 0. The molecule has 1 aliphatic rings. The molecule has 22 heavy (non-hydrogen) atoms. The lowest BCUT2D eigenvalue weighted by atomic mass is 9.97. The number of hydrogen-bond acceptors (Lipinski definition) is 2. The van der Waals surface area contributed by atoms with Crippen LogP contribution in [0, 0.1) is 5.92 Å². The van der Waals surface area contributed by atoms with Gasteiger partial charge in [0.05, 0.1) is 25.4 Å². The molecule has 0 unspecified atom stereocenters. The third kappa shape index (κ3) is 3.65. The highest BCUT2D eigenvalue weighted by atomic mass is 16.5. The van der Waals surface area contributed by atoms with Crippen molar-refractivity contribution in [1.29, 1.82) is 0 Å². The Bertz CT molecular complexity index is 579. The molecule has 2 aromatic carbocycles. The Hall–Kier alpha value is -1.90. The molecule has 3 rings (SSSR count). The fourth-order valence-corrected chi connectivity index (χ4v) is 2.93. The van der Waals surface area contributed by atoms with Crippen molar-refractivity contribution in [2.24, 2.45) is 5.92 Å². The minimum atomic E-state index is 0.0893. The minimum absolute atomic E-state index is 0.0893. The Morgan fingerprint density at radius 2 is 1.73 bits per heavy atom. The third-order valence-corrected chi connectivity index (χ3v) is 4.17. The van der Waals surface area contributed by atoms with Gasteiger partial charge in [-0.2, -0.15) is 0 Å². The van der Waals surface area contributed by atoms with Crippen LogP contribution in [0.2, 0.25) is 0 Å². The molecule has 0 bridgehead atoms. The standard InChI is InChI=1S/C20H22O2/c1-2-17-13-19(18-11-7-4-8-12-18)22-20(17)15-21-14-16-9-5-3-6-10-16/h2-12,17,19-20H,1,13-15H2/t17-,19-,20-/m0/s1. The topological polar surface area (TPSA) is 18.5 Å². The molecule has 1 aliphatic heterocycles. The van der Waals surface area contributed by atoms with E-state index in [9.17, 15) is 0 Å².